The Morgan fingerprint density at radius 3 is 2.45 bits per heavy atom. The summed E-state index contributed by atoms with van der Waals surface area (Å²) in [7, 11) is 0. The molecule has 0 amide bonds. The van der Waals surface area contributed by atoms with Crippen molar-refractivity contribution in [3.63, 3.8) is 0 Å². The summed E-state index contributed by atoms with van der Waals surface area (Å²) >= 11 is 0. The predicted octanol–water partition coefficient (Wildman–Crippen LogP) is 3.40. The Morgan fingerprint density at radius 1 is 1.20 bits per heavy atom. The molecular formula is C16H24N4. The first kappa shape index (κ1) is 14.4. The zero-order chi connectivity index (χ0) is 14.7. The number of aromatic nitrogens is 2. The lowest BCUT2D eigenvalue weighted by atomic mass is 10.1. The fourth-order valence-corrected chi connectivity index (χ4v) is 2.33. The van der Waals surface area contributed by atoms with Crippen molar-refractivity contribution in [2.45, 2.75) is 46.2 Å². The first-order valence-electron chi connectivity index (χ1n) is 7.14. The smallest absolute Gasteiger partial charge is 0.148 e. The number of rotatable bonds is 5. The zero-order valence-electron chi connectivity index (χ0n) is 12.7. The first-order valence-corrected chi connectivity index (χ1v) is 7.14. The molecule has 0 fully saturated rings. The quantitative estimate of drug-likeness (QED) is 0.877. The van der Waals surface area contributed by atoms with Crippen LogP contribution in [-0.2, 0) is 6.42 Å². The monoisotopic (exact) mass is 272 g/mol. The molecule has 1 heterocycles. The second-order valence-electron chi connectivity index (χ2n) is 5.62. The van der Waals surface area contributed by atoms with Crippen LogP contribution in [0.4, 0.5) is 11.5 Å². The van der Waals surface area contributed by atoms with Gasteiger partial charge in [-0.25, -0.2) is 4.68 Å². The predicted molar refractivity (Wildman–Crippen MR) is 85.0 cm³/mol. The fraction of sp³-hybridized carbons (Fsp3) is 0.438. The van der Waals surface area contributed by atoms with E-state index in [1.165, 1.54) is 5.56 Å². The Bertz CT molecular complexity index is 557. The van der Waals surface area contributed by atoms with E-state index in [4.69, 9.17) is 5.73 Å². The summed E-state index contributed by atoms with van der Waals surface area (Å²) in [6.45, 7) is 8.33. The van der Waals surface area contributed by atoms with Crippen LogP contribution in [0.15, 0.2) is 30.3 Å². The second kappa shape index (κ2) is 5.99. The Morgan fingerprint density at radius 2 is 1.85 bits per heavy atom. The van der Waals surface area contributed by atoms with Crippen LogP contribution in [0, 0.1) is 6.92 Å². The van der Waals surface area contributed by atoms with Crippen molar-refractivity contribution in [2.24, 2.45) is 0 Å². The molecule has 1 atom stereocenters. The Balaban J connectivity index is 2.13. The van der Waals surface area contributed by atoms with Gasteiger partial charge < -0.3 is 11.1 Å². The first-order chi connectivity index (χ1) is 9.49. The maximum Gasteiger partial charge on any atom is 0.148 e. The molecule has 1 aromatic heterocycles. The molecule has 0 saturated carbocycles. The second-order valence-corrected chi connectivity index (χ2v) is 5.62. The number of nitrogens with one attached hydrogen (secondary N) is 1. The van der Waals surface area contributed by atoms with Gasteiger partial charge in [0.2, 0.25) is 0 Å². The van der Waals surface area contributed by atoms with Crippen LogP contribution >= 0.6 is 0 Å². The van der Waals surface area contributed by atoms with Crippen molar-refractivity contribution in [1.82, 2.24) is 9.78 Å². The Hall–Kier alpha value is -1.97. The molecule has 0 saturated heterocycles. The van der Waals surface area contributed by atoms with Crippen LogP contribution in [-0.4, -0.2) is 15.8 Å². The van der Waals surface area contributed by atoms with Gasteiger partial charge in [-0.05, 0) is 39.7 Å². The molecule has 2 rings (SSSR count). The molecule has 20 heavy (non-hydrogen) atoms. The third-order valence-corrected chi connectivity index (χ3v) is 3.39. The third-order valence-electron chi connectivity index (χ3n) is 3.39. The molecule has 4 nitrogen and oxygen atoms in total. The topological polar surface area (TPSA) is 55.9 Å². The molecule has 0 aliphatic rings. The molecular weight excluding hydrogens is 248 g/mol. The molecule has 1 aromatic carbocycles. The molecule has 4 heteroatoms. The van der Waals surface area contributed by atoms with E-state index in [0.717, 1.165) is 23.6 Å². The summed E-state index contributed by atoms with van der Waals surface area (Å²) in [5.74, 6) is 0.931. The lowest BCUT2D eigenvalue weighted by Crippen LogP contribution is -2.22. The number of anilines is 2. The summed E-state index contributed by atoms with van der Waals surface area (Å²) in [5, 5.41) is 8.00. The summed E-state index contributed by atoms with van der Waals surface area (Å²) < 4.78 is 1.96. The van der Waals surface area contributed by atoms with Crippen LogP contribution in [0.3, 0.4) is 0 Å². The number of nitrogen functional groups attached to an aromatic ring is 1. The van der Waals surface area contributed by atoms with Crippen LogP contribution < -0.4 is 11.1 Å². The van der Waals surface area contributed by atoms with E-state index in [1.54, 1.807) is 0 Å². The summed E-state index contributed by atoms with van der Waals surface area (Å²) in [4.78, 5) is 0. The maximum atomic E-state index is 6.14. The normalized spacial score (nSPS) is 12.7. The number of nitrogens with two attached hydrogens (primary N) is 1. The highest BCUT2D eigenvalue weighted by Crippen LogP contribution is 2.26. The molecule has 0 aliphatic carbocycles. The Kier molecular flexibility index (Phi) is 4.32. The van der Waals surface area contributed by atoms with Crippen molar-refractivity contribution in [3.05, 3.63) is 41.6 Å². The van der Waals surface area contributed by atoms with E-state index >= 15 is 0 Å². The van der Waals surface area contributed by atoms with Crippen molar-refractivity contribution < 1.29 is 0 Å². The molecule has 2 aromatic rings. The van der Waals surface area contributed by atoms with Crippen molar-refractivity contribution in [2.75, 3.05) is 11.1 Å². The van der Waals surface area contributed by atoms with Gasteiger partial charge in [0.1, 0.15) is 5.82 Å². The number of hydrogen-bond acceptors (Lipinski definition) is 3. The lowest BCUT2D eigenvalue weighted by molar-refractivity contribution is 0.531. The summed E-state index contributed by atoms with van der Waals surface area (Å²) in [6, 6.07) is 11.1. The maximum absolute atomic E-state index is 6.14. The van der Waals surface area contributed by atoms with E-state index in [9.17, 15) is 0 Å². The minimum atomic E-state index is 0.289. The number of nitrogens with zero attached hydrogens (tertiary/aromatic N) is 2. The number of hydrogen-bond donors (Lipinski definition) is 2. The molecule has 108 valence electrons. The molecule has 0 bridgehead atoms. The van der Waals surface area contributed by atoms with E-state index in [1.807, 2.05) is 17.7 Å². The van der Waals surface area contributed by atoms with Crippen LogP contribution in [0.5, 0.6) is 0 Å². The van der Waals surface area contributed by atoms with Crippen LogP contribution in [0.1, 0.15) is 38.1 Å². The molecule has 3 N–H and O–H groups in total. The standard InChI is InChI=1S/C16H24N4/c1-11(2)20-16(15(17)13(4)19-20)18-12(3)10-14-8-6-5-7-9-14/h5-9,11-12,18H,10,17H2,1-4H3. The van der Waals surface area contributed by atoms with Gasteiger partial charge in [-0.1, -0.05) is 30.3 Å². The van der Waals surface area contributed by atoms with Gasteiger partial charge in [0.15, 0.2) is 0 Å². The minimum Gasteiger partial charge on any atom is -0.394 e. The highest BCUT2D eigenvalue weighted by molar-refractivity contribution is 5.65. The van der Waals surface area contributed by atoms with Gasteiger partial charge in [0.05, 0.1) is 11.4 Å². The van der Waals surface area contributed by atoms with Gasteiger partial charge in [-0.3, -0.25) is 0 Å². The van der Waals surface area contributed by atoms with E-state index < -0.39 is 0 Å². The molecule has 0 aliphatic heterocycles. The lowest BCUT2D eigenvalue weighted by Gasteiger charge is -2.18. The van der Waals surface area contributed by atoms with Gasteiger partial charge in [0, 0.05) is 12.1 Å². The van der Waals surface area contributed by atoms with E-state index in [0.29, 0.717) is 6.04 Å². The summed E-state index contributed by atoms with van der Waals surface area (Å²) in [6.07, 6.45) is 0.961. The highest BCUT2D eigenvalue weighted by Gasteiger charge is 2.16. The van der Waals surface area contributed by atoms with Crippen molar-refractivity contribution in [1.29, 1.82) is 0 Å². The van der Waals surface area contributed by atoms with E-state index in [-0.39, 0.29) is 6.04 Å². The van der Waals surface area contributed by atoms with Crippen molar-refractivity contribution in [3.8, 4) is 0 Å². The van der Waals surface area contributed by atoms with E-state index in [2.05, 4.69) is 55.5 Å². The number of aryl methyl sites for hydroxylation is 1. The summed E-state index contributed by atoms with van der Waals surface area (Å²) in [5.41, 5.74) is 9.09. The fourth-order valence-electron chi connectivity index (χ4n) is 2.33. The molecule has 1 unspecified atom stereocenters. The Labute approximate surface area is 121 Å². The van der Waals surface area contributed by atoms with Gasteiger partial charge in [-0.2, -0.15) is 5.10 Å². The largest absolute Gasteiger partial charge is 0.394 e. The average Bonchev–Trinajstić information content (AvgIpc) is 2.68. The molecule has 0 radical (unpaired) electrons. The molecule has 0 spiro atoms. The van der Waals surface area contributed by atoms with Gasteiger partial charge in [-0.15, -0.1) is 0 Å². The SMILES string of the molecule is Cc1nn(C(C)C)c(NC(C)Cc2ccccc2)c1N. The van der Waals surface area contributed by atoms with Crippen LogP contribution in [0.25, 0.3) is 0 Å². The third kappa shape index (κ3) is 3.13. The average molecular weight is 272 g/mol. The van der Waals surface area contributed by atoms with Crippen molar-refractivity contribution >= 4 is 11.5 Å². The zero-order valence-corrected chi connectivity index (χ0v) is 12.7. The van der Waals surface area contributed by atoms with Crippen LogP contribution in [0.2, 0.25) is 0 Å². The van der Waals surface area contributed by atoms with Gasteiger partial charge >= 0.3 is 0 Å². The highest BCUT2D eigenvalue weighted by atomic mass is 15.4. The van der Waals surface area contributed by atoms with Gasteiger partial charge in [0.25, 0.3) is 0 Å². The number of benzene rings is 1. The minimum absolute atomic E-state index is 0.289.